The predicted molar refractivity (Wildman–Crippen MR) is 135 cm³/mol. The molecule has 1 saturated carbocycles. The van der Waals surface area contributed by atoms with Crippen LogP contribution in [0.3, 0.4) is 0 Å². The van der Waals surface area contributed by atoms with E-state index in [1.165, 1.54) is 11.0 Å². The topological polar surface area (TPSA) is 84.7 Å². The number of hydrogen-bond acceptors (Lipinski definition) is 4. The zero-order valence-corrected chi connectivity index (χ0v) is 21.2. The summed E-state index contributed by atoms with van der Waals surface area (Å²) < 4.78 is 0. The van der Waals surface area contributed by atoms with E-state index >= 15 is 0 Å². The lowest BCUT2D eigenvalue weighted by atomic mass is 9.77. The van der Waals surface area contributed by atoms with E-state index in [0.29, 0.717) is 34.8 Å². The average Bonchev–Trinajstić information content (AvgIpc) is 3.65. The van der Waals surface area contributed by atoms with Gasteiger partial charge in [0, 0.05) is 11.6 Å². The van der Waals surface area contributed by atoms with Gasteiger partial charge in [-0.2, -0.15) is 5.26 Å². The fourth-order valence-corrected chi connectivity index (χ4v) is 7.09. The Morgan fingerprint density at radius 2 is 1.78 bits per heavy atom. The summed E-state index contributed by atoms with van der Waals surface area (Å²) in [6, 6.07) is 11.0. The molecular weight excluding hydrogens is 499 g/mol. The molecule has 3 atom stereocenters. The molecule has 0 radical (unpaired) electrons. The number of anilines is 1. The lowest BCUT2D eigenvalue weighted by molar-refractivity contribution is -0.141. The minimum atomic E-state index is -0.710. The molecular formula is C27H24Cl2N4O3. The van der Waals surface area contributed by atoms with Crippen LogP contribution < -0.4 is 4.90 Å². The number of carbonyl (C=O) groups is 3. The molecule has 1 unspecified atom stereocenters. The van der Waals surface area contributed by atoms with Gasteiger partial charge in [-0.15, -0.1) is 0 Å². The predicted octanol–water partition coefficient (Wildman–Crippen LogP) is 4.81. The van der Waals surface area contributed by atoms with E-state index in [-0.39, 0.29) is 35.0 Å². The molecule has 2 aromatic rings. The molecule has 4 fully saturated rings. The first-order valence-electron chi connectivity index (χ1n) is 12.2. The monoisotopic (exact) mass is 522 g/mol. The highest BCUT2D eigenvalue weighted by Crippen LogP contribution is 2.48. The van der Waals surface area contributed by atoms with Crippen molar-refractivity contribution in [2.45, 2.75) is 62.6 Å². The van der Waals surface area contributed by atoms with Gasteiger partial charge >= 0.3 is 6.03 Å². The number of nitriles is 1. The summed E-state index contributed by atoms with van der Waals surface area (Å²) in [6.07, 6.45) is 4.06. The first kappa shape index (κ1) is 23.3. The number of halogens is 2. The Morgan fingerprint density at radius 1 is 1.08 bits per heavy atom. The van der Waals surface area contributed by atoms with Gasteiger partial charge in [-0.05, 0) is 61.6 Å². The summed E-state index contributed by atoms with van der Waals surface area (Å²) in [5.41, 5.74) is 1.52. The second kappa shape index (κ2) is 8.22. The van der Waals surface area contributed by atoms with Gasteiger partial charge in [-0.25, -0.2) is 9.69 Å². The van der Waals surface area contributed by atoms with Crippen molar-refractivity contribution in [2.75, 3.05) is 11.4 Å². The zero-order valence-electron chi connectivity index (χ0n) is 19.7. The molecule has 2 bridgehead atoms. The third kappa shape index (κ3) is 3.07. The highest BCUT2D eigenvalue weighted by molar-refractivity contribution is 6.33. The Kier molecular flexibility index (Phi) is 5.33. The number of rotatable bonds is 3. The summed E-state index contributed by atoms with van der Waals surface area (Å²) in [5.74, 6) is -0.299. The first-order valence-corrected chi connectivity index (χ1v) is 13.0. The second-order valence-electron chi connectivity index (χ2n) is 10.2. The summed E-state index contributed by atoms with van der Waals surface area (Å²) in [7, 11) is 0. The number of imide groups is 1. The summed E-state index contributed by atoms with van der Waals surface area (Å²) >= 11 is 12.5. The fraction of sp³-hybridized carbons (Fsp3) is 0.407. The first-order chi connectivity index (χ1) is 17.3. The number of carbonyl (C=O) groups excluding carboxylic acids is 3. The van der Waals surface area contributed by atoms with Crippen LogP contribution in [-0.2, 0) is 15.0 Å². The van der Waals surface area contributed by atoms with Crippen molar-refractivity contribution in [2.24, 2.45) is 0 Å². The van der Waals surface area contributed by atoms with Crippen LogP contribution in [-0.4, -0.2) is 52.3 Å². The largest absolute Gasteiger partial charge is 0.334 e. The van der Waals surface area contributed by atoms with E-state index in [2.05, 4.69) is 0 Å². The van der Waals surface area contributed by atoms with Crippen molar-refractivity contribution < 1.29 is 14.4 Å². The summed E-state index contributed by atoms with van der Waals surface area (Å²) in [4.78, 5) is 46.0. The van der Waals surface area contributed by atoms with Crippen molar-refractivity contribution >= 4 is 46.7 Å². The highest BCUT2D eigenvalue weighted by Gasteiger charge is 2.64. The molecule has 2 aromatic carbocycles. The van der Waals surface area contributed by atoms with E-state index in [4.69, 9.17) is 23.2 Å². The molecule has 184 valence electrons. The Bertz CT molecular complexity index is 1350. The van der Waals surface area contributed by atoms with Gasteiger partial charge in [0.05, 0.1) is 33.8 Å². The van der Waals surface area contributed by atoms with Gasteiger partial charge in [0.2, 0.25) is 5.91 Å². The van der Waals surface area contributed by atoms with E-state index in [1.54, 1.807) is 17.9 Å². The average molecular weight is 523 g/mol. The number of nitrogens with zero attached hydrogens (tertiary/aromatic N) is 4. The Morgan fingerprint density at radius 3 is 2.44 bits per heavy atom. The maximum Gasteiger partial charge on any atom is 0.332 e. The minimum absolute atomic E-state index is 0.0470. The number of piperazine rings is 1. The summed E-state index contributed by atoms with van der Waals surface area (Å²) in [6.45, 7) is 2.12. The fourth-order valence-electron chi connectivity index (χ4n) is 6.76. The number of fused-ring (bicyclic) bond motifs is 5. The zero-order chi connectivity index (χ0) is 25.4. The maximum absolute atomic E-state index is 14.2. The van der Waals surface area contributed by atoms with Crippen molar-refractivity contribution in [3.63, 3.8) is 0 Å². The number of urea groups is 1. The molecule has 4 amide bonds. The molecule has 36 heavy (non-hydrogen) atoms. The Balaban J connectivity index is 1.33. The molecule has 7 nitrogen and oxygen atoms in total. The molecule has 3 heterocycles. The number of hydrogen-bond donors (Lipinski definition) is 0. The Labute approximate surface area is 219 Å². The van der Waals surface area contributed by atoms with E-state index in [0.717, 1.165) is 31.2 Å². The highest BCUT2D eigenvalue weighted by atomic mass is 35.5. The van der Waals surface area contributed by atoms with Gasteiger partial charge in [-0.3, -0.25) is 9.59 Å². The van der Waals surface area contributed by atoms with Crippen LogP contribution in [0.25, 0.3) is 0 Å². The molecule has 9 heteroatoms. The lowest BCUT2D eigenvalue weighted by Gasteiger charge is -2.40. The normalized spacial score (nSPS) is 26.1. The van der Waals surface area contributed by atoms with Crippen LogP contribution in [0, 0.1) is 18.3 Å². The van der Waals surface area contributed by atoms with E-state index < -0.39 is 11.5 Å². The van der Waals surface area contributed by atoms with Gasteiger partial charge in [0.15, 0.2) is 0 Å². The van der Waals surface area contributed by atoms with E-state index in [1.807, 2.05) is 35.2 Å². The van der Waals surface area contributed by atoms with Crippen LogP contribution in [0.4, 0.5) is 10.5 Å². The quantitative estimate of drug-likeness (QED) is 0.541. The van der Waals surface area contributed by atoms with Crippen molar-refractivity contribution in [3.8, 4) is 6.07 Å². The molecule has 3 saturated heterocycles. The van der Waals surface area contributed by atoms with Crippen LogP contribution in [0.5, 0.6) is 0 Å². The van der Waals surface area contributed by atoms with E-state index in [9.17, 15) is 19.6 Å². The van der Waals surface area contributed by atoms with Crippen LogP contribution in [0.1, 0.15) is 48.8 Å². The van der Waals surface area contributed by atoms with Crippen molar-refractivity contribution in [1.82, 2.24) is 9.80 Å². The Hall–Kier alpha value is -3.08. The summed E-state index contributed by atoms with van der Waals surface area (Å²) in [5, 5.41) is 10.1. The van der Waals surface area contributed by atoms with Gasteiger partial charge in [-0.1, -0.05) is 48.2 Å². The minimum Gasteiger partial charge on any atom is -0.334 e. The van der Waals surface area contributed by atoms with Gasteiger partial charge in [0.1, 0.15) is 12.1 Å². The van der Waals surface area contributed by atoms with Crippen LogP contribution >= 0.6 is 23.2 Å². The standard InChI is InChI=1S/C27H24Cl2N4O3/c1-15-20(9-4-16(13-30)22(15)29)33-24(34)23-21-12-19(32(23)26(33)36)14-31(21)25(35)27(10-2-3-11-27)17-5-7-18(28)8-6-17/h4-9,19,21,23H,2-3,10-12,14H2,1H3/t19-,21?,23+/m1/s1. The lowest BCUT2D eigenvalue weighted by Crippen LogP contribution is -2.58. The molecule has 6 rings (SSSR count). The van der Waals surface area contributed by atoms with Crippen LogP contribution in [0.15, 0.2) is 36.4 Å². The molecule has 0 spiro atoms. The molecule has 3 aliphatic heterocycles. The maximum atomic E-state index is 14.2. The molecule has 0 aromatic heterocycles. The van der Waals surface area contributed by atoms with Crippen LogP contribution in [0.2, 0.25) is 10.0 Å². The second-order valence-corrected chi connectivity index (χ2v) is 11.0. The molecule has 0 N–H and O–H groups in total. The third-order valence-corrected chi connectivity index (χ3v) is 9.25. The number of likely N-dealkylation sites (tertiary alicyclic amines) is 1. The third-order valence-electron chi connectivity index (χ3n) is 8.51. The number of benzene rings is 2. The van der Waals surface area contributed by atoms with Crippen molar-refractivity contribution in [1.29, 1.82) is 5.26 Å². The smallest absolute Gasteiger partial charge is 0.332 e. The van der Waals surface area contributed by atoms with Crippen molar-refractivity contribution in [3.05, 3.63) is 63.1 Å². The van der Waals surface area contributed by atoms with Gasteiger partial charge in [0.25, 0.3) is 5.91 Å². The molecule has 1 aliphatic carbocycles. The molecule has 4 aliphatic rings. The van der Waals surface area contributed by atoms with Gasteiger partial charge < -0.3 is 9.80 Å². The number of amides is 4. The SMILES string of the molecule is Cc1c(N2C(=O)[C@@H]3C4C[C@H](CN4C(=O)C4(c5ccc(Cl)cc5)CCCC4)N3C2=O)ccc(C#N)c1Cl.